The van der Waals surface area contributed by atoms with Crippen molar-refractivity contribution in [1.29, 1.82) is 0 Å². The summed E-state index contributed by atoms with van der Waals surface area (Å²) >= 11 is 0. The molecule has 1 saturated carbocycles. The van der Waals surface area contributed by atoms with Gasteiger partial charge in [-0.2, -0.15) is 0 Å². The van der Waals surface area contributed by atoms with Crippen molar-refractivity contribution in [3.8, 4) is 11.1 Å². The summed E-state index contributed by atoms with van der Waals surface area (Å²) < 4.78 is 0. The highest BCUT2D eigenvalue weighted by molar-refractivity contribution is 6.00. The van der Waals surface area contributed by atoms with Crippen LogP contribution in [0.2, 0.25) is 0 Å². The summed E-state index contributed by atoms with van der Waals surface area (Å²) in [5.74, 6) is 0.885. The molecule has 1 aliphatic rings. The summed E-state index contributed by atoms with van der Waals surface area (Å²) in [6.45, 7) is 1.63. The van der Waals surface area contributed by atoms with Crippen LogP contribution in [0, 0.1) is 0 Å². The molecule has 3 rings (SSSR count). The third-order valence-corrected chi connectivity index (χ3v) is 4.10. The van der Waals surface area contributed by atoms with Crippen molar-refractivity contribution >= 4 is 5.78 Å². The maximum atomic E-state index is 11.7. The zero-order valence-corrected chi connectivity index (χ0v) is 11.2. The Morgan fingerprint density at radius 1 is 1.00 bits per heavy atom. The molecule has 1 fully saturated rings. The molecule has 0 amide bonds. The number of rotatable bonds is 3. The van der Waals surface area contributed by atoms with E-state index in [1.165, 1.54) is 24.8 Å². The molecule has 0 radical (unpaired) electrons. The van der Waals surface area contributed by atoms with Crippen LogP contribution in [0.5, 0.6) is 0 Å². The number of benzene rings is 2. The van der Waals surface area contributed by atoms with Crippen molar-refractivity contribution in [2.75, 3.05) is 0 Å². The van der Waals surface area contributed by atoms with Crippen molar-refractivity contribution in [2.24, 2.45) is 0 Å². The Morgan fingerprint density at radius 2 is 1.68 bits per heavy atom. The molecular formula is C18H18O. The predicted molar refractivity (Wildman–Crippen MR) is 78.5 cm³/mol. The maximum Gasteiger partial charge on any atom is 0.160 e. The molecule has 0 bridgehead atoms. The van der Waals surface area contributed by atoms with Gasteiger partial charge in [-0.1, -0.05) is 55.0 Å². The van der Waals surface area contributed by atoms with Gasteiger partial charge in [0.1, 0.15) is 0 Å². The van der Waals surface area contributed by atoms with Crippen molar-refractivity contribution < 1.29 is 4.79 Å². The van der Waals surface area contributed by atoms with Crippen LogP contribution in [0.4, 0.5) is 0 Å². The summed E-state index contributed by atoms with van der Waals surface area (Å²) in [7, 11) is 0. The third kappa shape index (κ3) is 2.33. The standard InChI is InChI=1S/C18H18O/c1-13(19)17-7-2-3-8-18(17)16-11-9-15(10-12-16)14-5-4-6-14/h2-3,7-12,14H,4-6H2,1H3. The quantitative estimate of drug-likeness (QED) is 0.713. The highest BCUT2D eigenvalue weighted by Gasteiger charge is 2.19. The van der Waals surface area contributed by atoms with Gasteiger partial charge in [0.2, 0.25) is 0 Å². The molecule has 2 aromatic rings. The minimum atomic E-state index is 0.124. The fourth-order valence-electron chi connectivity index (χ4n) is 2.72. The van der Waals surface area contributed by atoms with Crippen LogP contribution in [-0.2, 0) is 0 Å². The van der Waals surface area contributed by atoms with E-state index >= 15 is 0 Å². The van der Waals surface area contributed by atoms with Gasteiger partial charge in [0.05, 0.1) is 0 Å². The first kappa shape index (κ1) is 12.2. The minimum Gasteiger partial charge on any atom is -0.294 e. The van der Waals surface area contributed by atoms with E-state index in [1.807, 2.05) is 24.3 Å². The largest absolute Gasteiger partial charge is 0.294 e. The second-order valence-electron chi connectivity index (χ2n) is 5.35. The summed E-state index contributed by atoms with van der Waals surface area (Å²) in [5, 5.41) is 0. The van der Waals surface area contributed by atoms with Gasteiger partial charge in [-0.25, -0.2) is 0 Å². The van der Waals surface area contributed by atoms with Crippen molar-refractivity contribution in [3.63, 3.8) is 0 Å². The van der Waals surface area contributed by atoms with E-state index in [4.69, 9.17) is 0 Å². The molecule has 2 aromatic carbocycles. The van der Waals surface area contributed by atoms with Gasteiger partial charge >= 0.3 is 0 Å². The number of hydrogen-bond acceptors (Lipinski definition) is 1. The summed E-state index contributed by atoms with van der Waals surface area (Å²) in [6.07, 6.45) is 4.01. The van der Waals surface area contributed by atoms with Crippen LogP contribution < -0.4 is 0 Å². The SMILES string of the molecule is CC(=O)c1ccccc1-c1ccc(C2CCC2)cc1. The van der Waals surface area contributed by atoms with Gasteiger partial charge in [0.15, 0.2) is 5.78 Å². The minimum absolute atomic E-state index is 0.124. The van der Waals surface area contributed by atoms with Gasteiger partial charge in [-0.05, 0) is 42.4 Å². The first-order valence-corrected chi connectivity index (χ1v) is 6.96. The van der Waals surface area contributed by atoms with Gasteiger partial charge in [0.25, 0.3) is 0 Å². The number of hydrogen-bond donors (Lipinski definition) is 0. The molecule has 19 heavy (non-hydrogen) atoms. The van der Waals surface area contributed by atoms with E-state index in [-0.39, 0.29) is 5.78 Å². The molecule has 1 heteroatoms. The number of carbonyl (C=O) groups is 1. The normalized spacial score (nSPS) is 15.0. The van der Waals surface area contributed by atoms with Crippen molar-refractivity contribution in [2.45, 2.75) is 32.1 Å². The number of carbonyl (C=O) groups excluding carboxylic acids is 1. The van der Waals surface area contributed by atoms with Gasteiger partial charge < -0.3 is 0 Å². The van der Waals surface area contributed by atoms with Gasteiger partial charge in [-0.15, -0.1) is 0 Å². The fraction of sp³-hybridized carbons (Fsp3) is 0.278. The molecule has 0 atom stereocenters. The first-order valence-electron chi connectivity index (χ1n) is 6.96. The Balaban J connectivity index is 1.95. The Bertz CT molecular complexity index is 591. The predicted octanol–water partition coefficient (Wildman–Crippen LogP) is 4.82. The summed E-state index contributed by atoms with van der Waals surface area (Å²) in [5.41, 5.74) is 4.42. The zero-order chi connectivity index (χ0) is 13.2. The van der Waals surface area contributed by atoms with Crippen LogP contribution in [0.25, 0.3) is 11.1 Å². The van der Waals surface area contributed by atoms with E-state index in [2.05, 4.69) is 24.3 Å². The van der Waals surface area contributed by atoms with E-state index < -0.39 is 0 Å². The van der Waals surface area contributed by atoms with E-state index in [0.29, 0.717) is 0 Å². The molecule has 0 heterocycles. The van der Waals surface area contributed by atoms with E-state index in [1.54, 1.807) is 6.92 Å². The molecule has 96 valence electrons. The third-order valence-electron chi connectivity index (χ3n) is 4.10. The monoisotopic (exact) mass is 250 g/mol. The molecular weight excluding hydrogens is 232 g/mol. The van der Waals surface area contributed by atoms with Gasteiger partial charge in [0, 0.05) is 5.56 Å². The second-order valence-corrected chi connectivity index (χ2v) is 5.35. The van der Waals surface area contributed by atoms with Crippen LogP contribution in [-0.4, -0.2) is 5.78 Å². The Hall–Kier alpha value is -1.89. The number of ketones is 1. The molecule has 1 nitrogen and oxygen atoms in total. The maximum absolute atomic E-state index is 11.7. The van der Waals surface area contributed by atoms with Gasteiger partial charge in [-0.3, -0.25) is 4.79 Å². The van der Waals surface area contributed by atoms with Crippen molar-refractivity contribution in [3.05, 3.63) is 59.7 Å². The Labute approximate surface area is 114 Å². The van der Waals surface area contributed by atoms with Crippen molar-refractivity contribution in [1.82, 2.24) is 0 Å². The smallest absolute Gasteiger partial charge is 0.160 e. The molecule has 0 aromatic heterocycles. The fourth-order valence-corrected chi connectivity index (χ4v) is 2.72. The highest BCUT2D eigenvalue weighted by Crippen LogP contribution is 2.37. The summed E-state index contributed by atoms with van der Waals surface area (Å²) in [4.78, 5) is 11.7. The van der Waals surface area contributed by atoms with Crippen LogP contribution in [0.3, 0.4) is 0 Å². The lowest BCUT2D eigenvalue weighted by Gasteiger charge is -2.25. The topological polar surface area (TPSA) is 17.1 Å². The van der Waals surface area contributed by atoms with Crippen LogP contribution >= 0.6 is 0 Å². The first-order chi connectivity index (χ1) is 9.25. The molecule has 0 unspecified atom stereocenters. The zero-order valence-electron chi connectivity index (χ0n) is 11.2. The van der Waals surface area contributed by atoms with E-state index in [9.17, 15) is 4.79 Å². The Kier molecular flexibility index (Phi) is 3.20. The average molecular weight is 250 g/mol. The molecule has 0 aliphatic heterocycles. The lowest BCUT2D eigenvalue weighted by Crippen LogP contribution is -2.08. The summed E-state index contributed by atoms with van der Waals surface area (Å²) in [6, 6.07) is 16.6. The molecule has 0 saturated heterocycles. The molecule has 1 aliphatic carbocycles. The lowest BCUT2D eigenvalue weighted by atomic mass is 9.79. The van der Waals surface area contributed by atoms with Crippen LogP contribution in [0.1, 0.15) is 48.0 Å². The Morgan fingerprint density at radius 3 is 2.26 bits per heavy atom. The number of Topliss-reactive ketones (excluding diaryl/α,β-unsaturated/α-hetero) is 1. The highest BCUT2D eigenvalue weighted by atomic mass is 16.1. The molecule has 0 N–H and O–H groups in total. The molecule has 0 spiro atoms. The average Bonchev–Trinajstić information content (AvgIpc) is 2.37. The lowest BCUT2D eigenvalue weighted by molar-refractivity contribution is 0.101. The second kappa shape index (κ2) is 5.00. The van der Waals surface area contributed by atoms with E-state index in [0.717, 1.165) is 22.6 Å². The van der Waals surface area contributed by atoms with Crippen LogP contribution in [0.15, 0.2) is 48.5 Å².